The van der Waals surface area contributed by atoms with Gasteiger partial charge in [-0.2, -0.15) is 0 Å². The van der Waals surface area contributed by atoms with Gasteiger partial charge in [0.1, 0.15) is 0 Å². The lowest BCUT2D eigenvalue weighted by atomic mass is 9.76. The van der Waals surface area contributed by atoms with Crippen LogP contribution in [-0.2, 0) is 10.2 Å². The summed E-state index contributed by atoms with van der Waals surface area (Å²) in [6.45, 7) is 2.13. The Hall–Kier alpha value is -3.67. The summed E-state index contributed by atoms with van der Waals surface area (Å²) in [4.78, 5) is 22.9. The third kappa shape index (κ3) is 4.79. The first-order valence-electron chi connectivity index (χ1n) is 9.25. The van der Waals surface area contributed by atoms with Gasteiger partial charge in [0, 0.05) is 18.0 Å². The molecule has 0 aromatic heterocycles. The number of carbonyl (C=O) groups is 1. The van der Waals surface area contributed by atoms with Gasteiger partial charge in [0.05, 0.1) is 4.92 Å². The smallest absolute Gasteiger partial charge is 0.310 e. The van der Waals surface area contributed by atoms with E-state index >= 15 is 0 Å². The average molecular weight is 390 g/mol. The maximum absolute atomic E-state index is 12.4. The van der Waals surface area contributed by atoms with Gasteiger partial charge in [0.25, 0.3) is 5.91 Å². The SMILES string of the molecule is CC(CNC(=O)COc1ccccc1[N+](=O)[O-])(c1ccccc1)c1ccccc1. The number of benzene rings is 3. The number of nitrogens with zero attached hydrogens (tertiary/aromatic N) is 1. The van der Waals surface area contributed by atoms with Gasteiger partial charge < -0.3 is 10.1 Å². The molecule has 0 bridgehead atoms. The van der Waals surface area contributed by atoms with Crippen molar-refractivity contribution >= 4 is 11.6 Å². The Morgan fingerprint density at radius 1 is 0.931 bits per heavy atom. The lowest BCUT2D eigenvalue weighted by Gasteiger charge is -2.31. The Morgan fingerprint density at radius 3 is 2.00 bits per heavy atom. The Bertz CT molecular complexity index is 935. The third-order valence-corrected chi connectivity index (χ3v) is 4.88. The van der Waals surface area contributed by atoms with Crippen molar-refractivity contribution in [2.45, 2.75) is 12.3 Å². The van der Waals surface area contributed by atoms with E-state index in [1.165, 1.54) is 12.1 Å². The summed E-state index contributed by atoms with van der Waals surface area (Å²) in [5, 5.41) is 14.0. The van der Waals surface area contributed by atoms with Crippen LogP contribution < -0.4 is 10.1 Å². The van der Waals surface area contributed by atoms with Crippen LogP contribution in [0.15, 0.2) is 84.9 Å². The van der Waals surface area contributed by atoms with Crippen LogP contribution >= 0.6 is 0 Å². The van der Waals surface area contributed by atoms with E-state index in [2.05, 4.69) is 12.2 Å². The van der Waals surface area contributed by atoms with Gasteiger partial charge in [-0.05, 0) is 24.1 Å². The van der Waals surface area contributed by atoms with E-state index in [4.69, 9.17) is 4.74 Å². The summed E-state index contributed by atoms with van der Waals surface area (Å²) < 4.78 is 5.38. The molecule has 0 aliphatic carbocycles. The predicted octanol–water partition coefficient (Wildman–Crippen LogP) is 4.10. The number of amides is 1. The molecule has 6 nitrogen and oxygen atoms in total. The van der Waals surface area contributed by atoms with Gasteiger partial charge in [-0.25, -0.2) is 0 Å². The molecule has 148 valence electrons. The summed E-state index contributed by atoms with van der Waals surface area (Å²) in [5.41, 5.74) is 1.55. The molecule has 6 heteroatoms. The van der Waals surface area contributed by atoms with Crippen molar-refractivity contribution in [1.82, 2.24) is 5.32 Å². The fraction of sp³-hybridized carbons (Fsp3) is 0.174. The van der Waals surface area contributed by atoms with E-state index in [0.717, 1.165) is 11.1 Å². The lowest BCUT2D eigenvalue weighted by Crippen LogP contribution is -2.41. The average Bonchev–Trinajstić information content (AvgIpc) is 2.77. The minimum absolute atomic E-state index is 0.0709. The number of carbonyl (C=O) groups excluding carboxylic acids is 1. The first kappa shape index (κ1) is 20.1. The fourth-order valence-electron chi connectivity index (χ4n) is 3.18. The van der Waals surface area contributed by atoms with Gasteiger partial charge >= 0.3 is 5.69 Å². The lowest BCUT2D eigenvalue weighted by molar-refractivity contribution is -0.385. The number of ether oxygens (including phenoxy) is 1. The number of hydrogen-bond donors (Lipinski definition) is 1. The quantitative estimate of drug-likeness (QED) is 0.464. The molecule has 0 unspecified atom stereocenters. The van der Waals surface area contributed by atoms with Crippen LogP contribution in [0.3, 0.4) is 0 Å². The first-order chi connectivity index (χ1) is 14.0. The summed E-state index contributed by atoms with van der Waals surface area (Å²) in [6.07, 6.45) is 0. The molecular formula is C23H22N2O4. The zero-order valence-electron chi connectivity index (χ0n) is 16.1. The second kappa shape index (κ2) is 9.01. The number of nitrogens with one attached hydrogen (secondary N) is 1. The van der Waals surface area contributed by atoms with Crippen LogP contribution in [0, 0.1) is 10.1 Å². The summed E-state index contributed by atoms with van der Waals surface area (Å²) in [7, 11) is 0. The number of hydrogen-bond acceptors (Lipinski definition) is 4. The zero-order chi connectivity index (χ0) is 20.7. The normalized spacial score (nSPS) is 10.9. The topological polar surface area (TPSA) is 81.5 Å². The molecule has 3 rings (SSSR count). The molecule has 0 spiro atoms. The zero-order valence-corrected chi connectivity index (χ0v) is 16.1. The fourth-order valence-corrected chi connectivity index (χ4v) is 3.18. The van der Waals surface area contributed by atoms with Gasteiger partial charge in [-0.15, -0.1) is 0 Å². The van der Waals surface area contributed by atoms with Crippen LogP contribution in [-0.4, -0.2) is 24.0 Å². The Balaban J connectivity index is 1.70. The minimum atomic E-state index is -0.533. The Labute approximate surface area is 169 Å². The van der Waals surface area contributed by atoms with Crippen molar-refractivity contribution in [2.24, 2.45) is 0 Å². The molecule has 0 radical (unpaired) electrons. The molecule has 3 aromatic carbocycles. The van der Waals surface area contributed by atoms with Gasteiger partial charge in [-0.1, -0.05) is 72.8 Å². The second-order valence-corrected chi connectivity index (χ2v) is 6.85. The van der Waals surface area contributed by atoms with E-state index in [0.29, 0.717) is 6.54 Å². The largest absolute Gasteiger partial charge is 0.477 e. The van der Waals surface area contributed by atoms with Crippen LogP contribution in [0.2, 0.25) is 0 Å². The maximum Gasteiger partial charge on any atom is 0.310 e. The standard InChI is InChI=1S/C23H22N2O4/c1-23(18-10-4-2-5-11-18,19-12-6-3-7-13-19)17-24-22(26)16-29-21-15-9-8-14-20(21)25(27)28/h2-15H,16-17H2,1H3,(H,24,26). The Kier molecular flexibility index (Phi) is 6.24. The molecule has 0 aliphatic heterocycles. The van der Waals surface area contributed by atoms with Crippen molar-refractivity contribution in [3.05, 3.63) is 106 Å². The molecule has 0 saturated heterocycles. The van der Waals surface area contributed by atoms with Gasteiger partial charge in [0.2, 0.25) is 0 Å². The number of rotatable bonds is 8. The number of para-hydroxylation sites is 2. The highest BCUT2D eigenvalue weighted by Crippen LogP contribution is 2.31. The molecule has 1 amide bonds. The van der Waals surface area contributed by atoms with Crippen LogP contribution in [0.25, 0.3) is 0 Å². The second-order valence-electron chi connectivity index (χ2n) is 6.85. The predicted molar refractivity (Wildman–Crippen MR) is 111 cm³/mol. The molecule has 0 atom stereocenters. The van der Waals surface area contributed by atoms with Crippen molar-refractivity contribution in [2.75, 3.05) is 13.2 Å². The maximum atomic E-state index is 12.4. The highest BCUT2D eigenvalue weighted by Gasteiger charge is 2.29. The van der Waals surface area contributed by atoms with E-state index < -0.39 is 10.3 Å². The summed E-state index contributed by atoms with van der Waals surface area (Å²) in [6, 6.07) is 25.9. The van der Waals surface area contributed by atoms with E-state index in [-0.39, 0.29) is 24.0 Å². The van der Waals surface area contributed by atoms with E-state index in [1.807, 2.05) is 60.7 Å². The van der Waals surface area contributed by atoms with Gasteiger partial charge in [-0.3, -0.25) is 14.9 Å². The van der Waals surface area contributed by atoms with E-state index in [1.54, 1.807) is 12.1 Å². The molecular weight excluding hydrogens is 368 g/mol. The summed E-state index contributed by atoms with van der Waals surface area (Å²) in [5.74, 6) is -0.275. The third-order valence-electron chi connectivity index (χ3n) is 4.88. The van der Waals surface area contributed by atoms with Crippen molar-refractivity contribution in [3.8, 4) is 5.75 Å². The van der Waals surface area contributed by atoms with Crippen molar-refractivity contribution in [3.63, 3.8) is 0 Å². The molecule has 1 N–H and O–H groups in total. The summed E-state index contributed by atoms with van der Waals surface area (Å²) >= 11 is 0. The van der Waals surface area contributed by atoms with Crippen molar-refractivity contribution in [1.29, 1.82) is 0 Å². The Morgan fingerprint density at radius 2 is 1.45 bits per heavy atom. The van der Waals surface area contributed by atoms with Crippen LogP contribution in [0.1, 0.15) is 18.1 Å². The number of nitro benzene ring substituents is 1. The molecule has 0 fully saturated rings. The van der Waals surface area contributed by atoms with E-state index in [9.17, 15) is 14.9 Å². The van der Waals surface area contributed by atoms with Gasteiger partial charge in [0.15, 0.2) is 12.4 Å². The highest BCUT2D eigenvalue weighted by molar-refractivity contribution is 5.78. The highest BCUT2D eigenvalue weighted by atomic mass is 16.6. The first-order valence-corrected chi connectivity index (χ1v) is 9.25. The molecule has 29 heavy (non-hydrogen) atoms. The molecule has 3 aromatic rings. The monoisotopic (exact) mass is 390 g/mol. The van der Waals surface area contributed by atoms with Crippen LogP contribution in [0.5, 0.6) is 5.75 Å². The minimum Gasteiger partial charge on any atom is -0.477 e. The molecule has 0 saturated carbocycles. The number of nitro groups is 1. The van der Waals surface area contributed by atoms with Crippen LogP contribution in [0.4, 0.5) is 5.69 Å². The molecule has 0 heterocycles. The van der Waals surface area contributed by atoms with Crippen molar-refractivity contribution < 1.29 is 14.5 Å². The molecule has 0 aliphatic rings.